The summed E-state index contributed by atoms with van der Waals surface area (Å²) in [6.07, 6.45) is 17.2. The number of hydrogen-bond donors (Lipinski definition) is 1. The summed E-state index contributed by atoms with van der Waals surface area (Å²) in [6, 6.07) is 4.91. The summed E-state index contributed by atoms with van der Waals surface area (Å²) in [7, 11) is 2.65. The summed E-state index contributed by atoms with van der Waals surface area (Å²) in [6.45, 7) is 3.07. The van der Waals surface area contributed by atoms with Crippen LogP contribution in [0, 0.1) is 0 Å². The van der Waals surface area contributed by atoms with Crippen LogP contribution < -0.4 is 5.32 Å². The highest BCUT2D eigenvalue weighted by molar-refractivity contribution is 5.96. The summed E-state index contributed by atoms with van der Waals surface area (Å²) in [5, 5.41) is 3.31. The number of carbonyl (C=O) groups excluding carboxylic acids is 2. The van der Waals surface area contributed by atoms with Crippen molar-refractivity contribution in [2.24, 2.45) is 0 Å². The Labute approximate surface area is 182 Å². The van der Waals surface area contributed by atoms with Gasteiger partial charge in [-0.1, -0.05) is 84.0 Å². The Hall–Kier alpha value is -2.04. The lowest BCUT2D eigenvalue weighted by molar-refractivity contribution is 0.0599. The Kier molecular flexibility index (Phi) is 14.5. The molecule has 170 valence electrons. The van der Waals surface area contributed by atoms with Crippen molar-refractivity contribution < 1.29 is 19.1 Å². The van der Waals surface area contributed by atoms with Crippen LogP contribution >= 0.6 is 0 Å². The molecule has 5 heteroatoms. The SMILES string of the molecule is CCCCCCCCCCCCCCCNc1cc(C(=O)OC)cc(C(=O)OC)c1. The zero-order valence-corrected chi connectivity index (χ0v) is 19.3. The smallest absolute Gasteiger partial charge is 0.337 e. The van der Waals surface area contributed by atoms with Gasteiger partial charge in [0.15, 0.2) is 0 Å². The Morgan fingerprint density at radius 2 is 1.07 bits per heavy atom. The molecule has 0 aliphatic rings. The first-order valence-electron chi connectivity index (χ1n) is 11.7. The maximum atomic E-state index is 11.8. The van der Waals surface area contributed by atoms with Crippen molar-refractivity contribution in [3.05, 3.63) is 29.3 Å². The highest BCUT2D eigenvalue weighted by Crippen LogP contribution is 2.18. The molecule has 0 radical (unpaired) electrons. The average Bonchev–Trinajstić information content (AvgIpc) is 2.77. The number of carbonyl (C=O) groups is 2. The number of hydrogen-bond acceptors (Lipinski definition) is 5. The van der Waals surface area contributed by atoms with Crippen LogP contribution in [0.15, 0.2) is 18.2 Å². The minimum Gasteiger partial charge on any atom is -0.465 e. The molecule has 0 heterocycles. The maximum absolute atomic E-state index is 11.8. The van der Waals surface area contributed by atoms with Crippen molar-refractivity contribution in [2.45, 2.75) is 90.4 Å². The molecule has 5 nitrogen and oxygen atoms in total. The average molecular weight is 420 g/mol. The first-order valence-corrected chi connectivity index (χ1v) is 11.7. The van der Waals surface area contributed by atoms with Gasteiger partial charge < -0.3 is 14.8 Å². The molecule has 0 atom stereocenters. The fourth-order valence-corrected chi connectivity index (χ4v) is 3.58. The fraction of sp³-hybridized carbons (Fsp3) is 0.680. The molecule has 0 unspecified atom stereocenters. The molecule has 0 amide bonds. The molecule has 0 fully saturated rings. The second-order valence-corrected chi connectivity index (χ2v) is 7.95. The predicted molar refractivity (Wildman–Crippen MR) is 123 cm³/mol. The third kappa shape index (κ3) is 11.2. The van der Waals surface area contributed by atoms with Gasteiger partial charge in [0, 0.05) is 12.2 Å². The fourth-order valence-electron chi connectivity index (χ4n) is 3.58. The van der Waals surface area contributed by atoms with Crippen molar-refractivity contribution in [2.75, 3.05) is 26.1 Å². The second kappa shape index (κ2) is 16.7. The quantitative estimate of drug-likeness (QED) is 0.223. The molecule has 30 heavy (non-hydrogen) atoms. The van der Waals surface area contributed by atoms with Crippen molar-refractivity contribution >= 4 is 17.6 Å². The molecule has 1 rings (SSSR count). The van der Waals surface area contributed by atoms with Crippen LogP contribution in [-0.4, -0.2) is 32.7 Å². The normalized spacial score (nSPS) is 10.6. The van der Waals surface area contributed by atoms with Crippen molar-refractivity contribution in [3.8, 4) is 0 Å². The number of rotatable bonds is 17. The van der Waals surface area contributed by atoms with Crippen LogP contribution in [0.25, 0.3) is 0 Å². The molecule has 0 saturated carbocycles. The summed E-state index contributed by atoms with van der Waals surface area (Å²) in [5.74, 6) is -0.936. The summed E-state index contributed by atoms with van der Waals surface area (Å²) in [4.78, 5) is 23.7. The van der Waals surface area contributed by atoms with E-state index < -0.39 is 11.9 Å². The van der Waals surface area contributed by atoms with E-state index in [-0.39, 0.29) is 0 Å². The van der Waals surface area contributed by atoms with Gasteiger partial charge in [0.2, 0.25) is 0 Å². The van der Waals surface area contributed by atoms with Crippen LogP contribution in [0.4, 0.5) is 5.69 Å². The van der Waals surface area contributed by atoms with Crippen molar-refractivity contribution in [1.82, 2.24) is 0 Å². The molecule has 1 N–H and O–H groups in total. The molecular weight excluding hydrogens is 378 g/mol. The lowest BCUT2D eigenvalue weighted by Crippen LogP contribution is -2.09. The van der Waals surface area contributed by atoms with Gasteiger partial charge in [0.05, 0.1) is 25.3 Å². The Morgan fingerprint density at radius 1 is 0.667 bits per heavy atom. The van der Waals surface area contributed by atoms with Crippen LogP contribution in [0.1, 0.15) is 111 Å². The monoisotopic (exact) mass is 419 g/mol. The summed E-state index contributed by atoms with van der Waals surface area (Å²) >= 11 is 0. The third-order valence-electron chi connectivity index (χ3n) is 5.38. The van der Waals surface area contributed by atoms with Gasteiger partial charge >= 0.3 is 11.9 Å². The molecule has 0 aliphatic heterocycles. The Balaban J connectivity index is 2.17. The van der Waals surface area contributed by atoms with E-state index in [0.717, 1.165) is 18.7 Å². The number of ether oxygens (including phenoxy) is 2. The van der Waals surface area contributed by atoms with Gasteiger partial charge in [-0.3, -0.25) is 0 Å². The largest absolute Gasteiger partial charge is 0.465 e. The highest BCUT2D eigenvalue weighted by Gasteiger charge is 2.13. The molecule has 0 aromatic heterocycles. The van der Waals surface area contributed by atoms with Crippen molar-refractivity contribution in [3.63, 3.8) is 0 Å². The lowest BCUT2D eigenvalue weighted by atomic mass is 10.0. The van der Waals surface area contributed by atoms with Gasteiger partial charge in [-0.15, -0.1) is 0 Å². The van der Waals surface area contributed by atoms with E-state index in [1.165, 1.54) is 97.3 Å². The second-order valence-electron chi connectivity index (χ2n) is 7.95. The summed E-state index contributed by atoms with van der Waals surface area (Å²) < 4.78 is 9.54. The zero-order chi connectivity index (χ0) is 22.0. The van der Waals surface area contributed by atoms with Crippen LogP contribution in [0.2, 0.25) is 0 Å². The molecule has 0 bridgehead atoms. The Bertz CT molecular complexity index is 581. The van der Waals surface area contributed by atoms with Gasteiger partial charge in [-0.05, 0) is 24.6 Å². The molecule has 0 aliphatic carbocycles. The van der Waals surface area contributed by atoms with Gasteiger partial charge in [-0.2, -0.15) is 0 Å². The first kappa shape index (κ1) is 26.0. The van der Waals surface area contributed by atoms with E-state index in [4.69, 9.17) is 9.47 Å². The highest BCUT2D eigenvalue weighted by atomic mass is 16.5. The lowest BCUT2D eigenvalue weighted by Gasteiger charge is -2.10. The standard InChI is InChI=1S/C25H41NO4/c1-4-5-6-7-8-9-10-11-12-13-14-15-16-17-26-23-19-21(24(27)29-2)18-22(20-23)25(28)30-3/h18-20,26H,4-17H2,1-3H3. The number of nitrogens with one attached hydrogen (secondary N) is 1. The predicted octanol–water partition coefficient (Wildman–Crippen LogP) is 6.76. The number of methoxy groups -OCH3 is 2. The third-order valence-corrected chi connectivity index (χ3v) is 5.38. The number of anilines is 1. The molecule has 0 saturated heterocycles. The van der Waals surface area contributed by atoms with Crippen LogP contribution in [0.5, 0.6) is 0 Å². The zero-order valence-electron chi connectivity index (χ0n) is 19.3. The molecule has 1 aromatic rings. The number of esters is 2. The number of benzene rings is 1. The van der Waals surface area contributed by atoms with Gasteiger partial charge in [0.25, 0.3) is 0 Å². The van der Waals surface area contributed by atoms with E-state index >= 15 is 0 Å². The molecular formula is C25H41NO4. The Morgan fingerprint density at radius 3 is 1.47 bits per heavy atom. The van der Waals surface area contributed by atoms with Crippen LogP contribution in [0.3, 0.4) is 0 Å². The minimum atomic E-state index is -0.468. The summed E-state index contributed by atoms with van der Waals surface area (Å²) in [5.41, 5.74) is 1.42. The molecule has 1 aromatic carbocycles. The van der Waals surface area contributed by atoms with E-state index in [1.807, 2.05) is 0 Å². The molecule has 0 spiro atoms. The first-order chi connectivity index (χ1) is 14.6. The van der Waals surface area contributed by atoms with E-state index in [0.29, 0.717) is 11.1 Å². The van der Waals surface area contributed by atoms with E-state index in [2.05, 4.69) is 12.2 Å². The van der Waals surface area contributed by atoms with Crippen LogP contribution in [-0.2, 0) is 9.47 Å². The van der Waals surface area contributed by atoms with Gasteiger partial charge in [-0.25, -0.2) is 9.59 Å². The van der Waals surface area contributed by atoms with E-state index in [1.54, 1.807) is 12.1 Å². The topological polar surface area (TPSA) is 64.6 Å². The maximum Gasteiger partial charge on any atom is 0.337 e. The van der Waals surface area contributed by atoms with Crippen molar-refractivity contribution in [1.29, 1.82) is 0 Å². The minimum absolute atomic E-state index is 0.341. The van der Waals surface area contributed by atoms with E-state index in [9.17, 15) is 9.59 Å². The number of unbranched alkanes of at least 4 members (excludes halogenated alkanes) is 12. The van der Waals surface area contributed by atoms with Gasteiger partial charge in [0.1, 0.15) is 0 Å².